The second kappa shape index (κ2) is 4.38. The molecule has 1 amide bonds. The summed E-state index contributed by atoms with van der Waals surface area (Å²) in [5.74, 6) is -1.28. The SMILES string of the molecule is CC(C)CNC1CN(C(=O)C(F)(F)F)C1. The summed E-state index contributed by atoms with van der Waals surface area (Å²) in [5.41, 5.74) is 0. The quantitative estimate of drug-likeness (QED) is 0.775. The largest absolute Gasteiger partial charge is 0.471 e. The summed E-state index contributed by atoms with van der Waals surface area (Å²) >= 11 is 0. The Morgan fingerprint density at radius 1 is 1.47 bits per heavy atom. The summed E-state index contributed by atoms with van der Waals surface area (Å²) < 4.78 is 35.9. The molecule has 1 fully saturated rings. The lowest BCUT2D eigenvalue weighted by Gasteiger charge is -2.40. The molecule has 3 nitrogen and oxygen atoms in total. The van der Waals surface area contributed by atoms with E-state index in [0.717, 1.165) is 11.4 Å². The van der Waals surface area contributed by atoms with Crippen LogP contribution in [0.15, 0.2) is 0 Å². The topological polar surface area (TPSA) is 32.3 Å². The lowest BCUT2D eigenvalue weighted by molar-refractivity contribution is -0.190. The molecule has 1 rings (SSSR count). The van der Waals surface area contributed by atoms with Gasteiger partial charge in [-0.1, -0.05) is 13.8 Å². The number of nitrogens with zero attached hydrogens (tertiary/aromatic N) is 1. The van der Waals surface area contributed by atoms with Crippen molar-refractivity contribution < 1.29 is 18.0 Å². The van der Waals surface area contributed by atoms with Gasteiger partial charge in [-0.05, 0) is 12.5 Å². The third-order valence-electron chi connectivity index (χ3n) is 2.23. The van der Waals surface area contributed by atoms with Crippen molar-refractivity contribution in [1.82, 2.24) is 10.2 Å². The molecular weight excluding hydrogens is 209 g/mol. The lowest BCUT2D eigenvalue weighted by atomic mass is 10.1. The van der Waals surface area contributed by atoms with Gasteiger partial charge in [-0.25, -0.2) is 0 Å². The number of alkyl halides is 3. The van der Waals surface area contributed by atoms with Crippen LogP contribution in [0.2, 0.25) is 0 Å². The predicted molar refractivity (Wildman–Crippen MR) is 49.3 cm³/mol. The van der Waals surface area contributed by atoms with Crippen LogP contribution in [0.4, 0.5) is 13.2 Å². The number of rotatable bonds is 3. The number of carbonyl (C=O) groups is 1. The van der Waals surface area contributed by atoms with Gasteiger partial charge in [0, 0.05) is 19.1 Å². The van der Waals surface area contributed by atoms with Crippen molar-refractivity contribution in [3.8, 4) is 0 Å². The molecule has 1 N–H and O–H groups in total. The maximum atomic E-state index is 12.0. The minimum atomic E-state index is -4.73. The molecule has 1 heterocycles. The minimum Gasteiger partial charge on any atom is -0.332 e. The van der Waals surface area contributed by atoms with E-state index >= 15 is 0 Å². The molecule has 0 aliphatic carbocycles. The molecule has 88 valence electrons. The second-order valence-electron chi connectivity index (χ2n) is 4.21. The smallest absolute Gasteiger partial charge is 0.332 e. The molecule has 0 aromatic heterocycles. The van der Waals surface area contributed by atoms with Crippen LogP contribution in [0.5, 0.6) is 0 Å². The van der Waals surface area contributed by atoms with E-state index in [1.54, 1.807) is 0 Å². The zero-order valence-electron chi connectivity index (χ0n) is 8.77. The minimum absolute atomic E-state index is 0.0127. The molecule has 0 atom stereocenters. The van der Waals surface area contributed by atoms with Crippen molar-refractivity contribution in [2.45, 2.75) is 26.1 Å². The number of amides is 1. The maximum Gasteiger partial charge on any atom is 0.471 e. The van der Waals surface area contributed by atoms with Crippen LogP contribution in [0.1, 0.15) is 13.8 Å². The molecule has 6 heteroatoms. The monoisotopic (exact) mass is 224 g/mol. The van der Waals surface area contributed by atoms with Crippen molar-refractivity contribution in [2.24, 2.45) is 5.92 Å². The van der Waals surface area contributed by atoms with E-state index in [4.69, 9.17) is 0 Å². The highest BCUT2D eigenvalue weighted by atomic mass is 19.4. The Kier molecular flexibility index (Phi) is 3.59. The molecule has 0 aromatic rings. The normalized spacial score (nSPS) is 18.1. The zero-order valence-corrected chi connectivity index (χ0v) is 8.77. The molecule has 0 saturated carbocycles. The average Bonchev–Trinajstić information content (AvgIpc) is 1.98. The fraction of sp³-hybridized carbons (Fsp3) is 0.889. The number of likely N-dealkylation sites (tertiary alicyclic amines) is 1. The summed E-state index contributed by atoms with van der Waals surface area (Å²) in [6.07, 6.45) is -4.73. The maximum absolute atomic E-state index is 12.0. The van der Waals surface area contributed by atoms with E-state index in [0.29, 0.717) is 5.92 Å². The molecule has 0 aromatic carbocycles. The Balaban J connectivity index is 2.23. The first kappa shape index (κ1) is 12.3. The first-order chi connectivity index (χ1) is 6.80. The van der Waals surface area contributed by atoms with Gasteiger partial charge in [0.25, 0.3) is 0 Å². The first-order valence-corrected chi connectivity index (χ1v) is 4.90. The highest BCUT2D eigenvalue weighted by molar-refractivity contribution is 5.82. The summed E-state index contributed by atoms with van der Waals surface area (Å²) in [5, 5.41) is 3.09. The number of halogens is 3. The summed E-state index contributed by atoms with van der Waals surface area (Å²) in [4.78, 5) is 11.5. The molecule has 15 heavy (non-hydrogen) atoms. The Morgan fingerprint density at radius 2 is 2.00 bits per heavy atom. The van der Waals surface area contributed by atoms with Gasteiger partial charge in [-0.2, -0.15) is 13.2 Å². The number of nitrogens with one attached hydrogen (secondary N) is 1. The van der Waals surface area contributed by atoms with Gasteiger partial charge in [-0.3, -0.25) is 4.79 Å². The number of carbonyl (C=O) groups excluding carboxylic acids is 1. The van der Waals surface area contributed by atoms with E-state index in [9.17, 15) is 18.0 Å². The standard InChI is InChI=1S/C9H15F3N2O/c1-6(2)3-13-7-4-14(5-7)8(15)9(10,11)12/h6-7,13H,3-5H2,1-2H3. The van der Waals surface area contributed by atoms with E-state index in [-0.39, 0.29) is 19.1 Å². The number of hydrogen-bond donors (Lipinski definition) is 1. The van der Waals surface area contributed by atoms with Crippen molar-refractivity contribution in [2.75, 3.05) is 19.6 Å². The van der Waals surface area contributed by atoms with Crippen LogP contribution < -0.4 is 5.32 Å². The average molecular weight is 224 g/mol. The Hall–Kier alpha value is -0.780. The van der Waals surface area contributed by atoms with Gasteiger partial charge in [0.2, 0.25) is 0 Å². The van der Waals surface area contributed by atoms with Crippen molar-refractivity contribution in [3.63, 3.8) is 0 Å². The second-order valence-corrected chi connectivity index (χ2v) is 4.21. The Morgan fingerprint density at radius 3 is 2.40 bits per heavy atom. The fourth-order valence-electron chi connectivity index (χ4n) is 1.36. The molecule has 1 saturated heterocycles. The third-order valence-corrected chi connectivity index (χ3v) is 2.23. The van der Waals surface area contributed by atoms with Gasteiger partial charge in [-0.15, -0.1) is 0 Å². The third kappa shape index (κ3) is 3.37. The first-order valence-electron chi connectivity index (χ1n) is 4.90. The highest BCUT2D eigenvalue weighted by Gasteiger charge is 2.46. The van der Waals surface area contributed by atoms with E-state index in [1.165, 1.54) is 0 Å². The zero-order chi connectivity index (χ0) is 11.6. The van der Waals surface area contributed by atoms with E-state index in [1.807, 2.05) is 13.8 Å². The molecular formula is C9H15F3N2O. The summed E-state index contributed by atoms with van der Waals surface area (Å²) in [6.45, 7) is 5.11. The molecule has 1 aliphatic heterocycles. The van der Waals surface area contributed by atoms with Gasteiger partial charge >= 0.3 is 12.1 Å². The predicted octanol–water partition coefficient (Wildman–Crippen LogP) is 1.01. The summed E-state index contributed by atoms with van der Waals surface area (Å²) in [7, 11) is 0. The Bertz CT molecular complexity index is 234. The highest BCUT2D eigenvalue weighted by Crippen LogP contribution is 2.21. The van der Waals surface area contributed by atoms with Gasteiger partial charge in [0.1, 0.15) is 0 Å². The van der Waals surface area contributed by atoms with Crippen LogP contribution >= 0.6 is 0 Å². The van der Waals surface area contributed by atoms with Crippen LogP contribution in [-0.2, 0) is 4.79 Å². The van der Waals surface area contributed by atoms with E-state index < -0.39 is 12.1 Å². The van der Waals surface area contributed by atoms with Crippen LogP contribution in [0.3, 0.4) is 0 Å². The Labute approximate surface area is 86.6 Å². The van der Waals surface area contributed by atoms with Crippen LogP contribution in [-0.4, -0.2) is 42.7 Å². The molecule has 0 bridgehead atoms. The van der Waals surface area contributed by atoms with Crippen LogP contribution in [0.25, 0.3) is 0 Å². The number of hydrogen-bond acceptors (Lipinski definition) is 2. The molecule has 0 radical (unpaired) electrons. The molecule has 0 spiro atoms. The lowest BCUT2D eigenvalue weighted by Crippen LogP contribution is -2.62. The van der Waals surface area contributed by atoms with Gasteiger partial charge in [0.05, 0.1) is 0 Å². The van der Waals surface area contributed by atoms with Crippen molar-refractivity contribution in [1.29, 1.82) is 0 Å². The fourth-order valence-corrected chi connectivity index (χ4v) is 1.36. The van der Waals surface area contributed by atoms with Gasteiger partial charge in [0.15, 0.2) is 0 Å². The van der Waals surface area contributed by atoms with Gasteiger partial charge < -0.3 is 10.2 Å². The van der Waals surface area contributed by atoms with Crippen LogP contribution in [0, 0.1) is 5.92 Å². The summed E-state index contributed by atoms with van der Waals surface area (Å²) in [6, 6.07) is 0.0127. The molecule has 0 unspecified atom stereocenters. The van der Waals surface area contributed by atoms with Crippen molar-refractivity contribution >= 4 is 5.91 Å². The molecule has 1 aliphatic rings. The van der Waals surface area contributed by atoms with E-state index in [2.05, 4.69) is 5.32 Å². The van der Waals surface area contributed by atoms with Crippen molar-refractivity contribution in [3.05, 3.63) is 0 Å².